The number of anilines is 1. The summed E-state index contributed by atoms with van der Waals surface area (Å²) in [5, 5.41) is 2.86. The van der Waals surface area contributed by atoms with Gasteiger partial charge in [-0.25, -0.2) is 4.39 Å². The minimum atomic E-state index is -4.83. The fourth-order valence-electron chi connectivity index (χ4n) is 3.33. The fraction of sp³-hybridized carbons (Fsp3) is 0.350. The van der Waals surface area contributed by atoms with Crippen LogP contribution < -0.4 is 10.1 Å². The van der Waals surface area contributed by atoms with Crippen LogP contribution in [0.1, 0.15) is 25.7 Å². The van der Waals surface area contributed by atoms with Crippen molar-refractivity contribution in [3.05, 3.63) is 47.5 Å². The summed E-state index contributed by atoms with van der Waals surface area (Å²) in [5.41, 5.74) is 0.908. The first-order valence-corrected chi connectivity index (χ1v) is 9.20. The minimum absolute atomic E-state index is 0.156. The molecule has 0 bridgehead atoms. The van der Waals surface area contributed by atoms with Crippen molar-refractivity contribution in [2.75, 3.05) is 5.32 Å². The SMILES string of the molecule is O=C(Nc1ccc(-c2ccccc2OC(F)(F)F)c(Cl)c1)[C@@H]1CCC[C@@H](F)C1. The first-order chi connectivity index (χ1) is 13.2. The van der Waals surface area contributed by atoms with Crippen LogP contribution in [0.4, 0.5) is 23.2 Å². The number of alkyl halides is 4. The number of benzene rings is 2. The highest BCUT2D eigenvalue weighted by Crippen LogP contribution is 2.38. The molecule has 0 radical (unpaired) electrons. The van der Waals surface area contributed by atoms with Gasteiger partial charge in [0, 0.05) is 22.7 Å². The topological polar surface area (TPSA) is 38.3 Å². The van der Waals surface area contributed by atoms with Gasteiger partial charge in [0.1, 0.15) is 11.9 Å². The van der Waals surface area contributed by atoms with Crippen molar-refractivity contribution in [2.45, 2.75) is 38.2 Å². The molecule has 1 aliphatic carbocycles. The number of carbonyl (C=O) groups is 1. The van der Waals surface area contributed by atoms with E-state index < -0.39 is 18.5 Å². The first kappa shape index (κ1) is 20.5. The van der Waals surface area contributed by atoms with Gasteiger partial charge >= 0.3 is 6.36 Å². The van der Waals surface area contributed by atoms with Gasteiger partial charge in [-0.1, -0.05) is 35.9 Å². The maximum Gasteiger partial charge on any atom is 0.573 e. The largest absolute Gasteiger partial charge is 0.573 e. The maximum absolute atomic E-state index is 13.5. The molecule has 150 valence electrons. The van der Waals surface area contributed by atoms with Gasteiger partial charge in [0.25, 0.3) is 0 Å². The number of carbonyl (C=O) groups excluding carboxylic acids is 1. The predicted molar refractivity (Wildman–Crippen MR) is 99.1 cm³/mol. The normalized spacial score (nSPS) is 19.9. The van der Waals surface area contributed by atoms with Crippen LogP contribution in [0, 0.1) is 5.92 Å². The minimum Gasteiger partial charge on any atom is -0.405 e. The molecule has 0 spiro atoms. The first-order valence-electron chi connectivity index (χ1n) is 8.82. The summed E-state index contributed by atoms with van der Waals surface area (Å²) in [6.07, 6.45) is -3.84. The molecule has 2 atom stereocenters. The van der Waals surface area contributed by atoms with E-state index in [1.165, 1.54) is 30.3 Å². The highest BCUT2D eigenvalue weighted by atomic mass is 35.5. The van der Waals surface area contributed by atoms with E-state index in [0.717, 1.165) is 0 Å². The van der Waals surface area contributed by atoms with E-state index in [-0.39, 0.29) is 28.7 Å². The Morgan fingerprint density at radius 2 is 1.86 bits per heavy atom. The quantitative estimate of drug-likeness (QED) is 0.589. The van der Waals surface area contributed by atoms with Gasteiger partial charge in [-0.3, -0.25) is 4.79 Å². The number of halogens is 5. The lowest BCUT2D eigenvalue weighted by molar-refractivity contribution is -0.274. The molecular weight excluding hydrogens is 398 g/mol. The molecule has 3 nitrogen and oxygen atoms in total. The maximum atomic E-state index is 13.5. The molecule has 1 N–H and O–H groups in total. The molecule has 0 saturated heterocycles. The molecule has 2 aromatic carbocycles. The molecule has 1 saturated carbocycles. The number of rotatable bonds is 4. The molecule has 0 aromatic heterocycles. The van der Waals surface area contributed by atoms with E-state index in [1.807, 2.05) is 0 Å². The molecule has 1 aliphatic rings. The number of hydrogen-bond acceptors (Lipinski definition) is 2. The van der Waals surface area contributed by atoms with Gasteiger partial charge in [-0.15, -0.1) is 13.2 Å². The Morgan fingerprint density at radius 1 is 1.11 bits per heavy atom. The van der Waals surface area contributed by atoms with Gasteiger partial charge in [0.15, 0.2) is 0 Å². The lowest BCUT2D eigenvalue weighted by Gasteiger charge is -2.23. The summed E-state index contributed by atoms with van der Waals surface area (Å²) >= 11 is 6.25. The predicted octanol–water partition coefficient (Wildman–Crippen LogP) is 6.37. The smallest absolute Gasteiger partial charge is 0.405 e. The number of para-hydroxylation sites is 1. The second kappa shape index (κ2) is 8.39. The molecule has 0 heterocycles. The summed E-state index contributed by atoms with van der Waals surface area (Å²) in [7, 11) is 0. The Kier molecular flexibility index (Phi) is 6.13. The van der Waals surface area contributed by atoms with Gasteiger partial charge in [-0.2, -0.15) is 0 Å². The van der Waals surface area contributed by atoms with E-state index in [0.29, 0.717) is 30.5 Å². The standard InChI is InChI=1S/C20H18ClF4NO2/c21-17-11-14(26-19(27)12-4-3-5-13(22)10-12)8-9-15(17)16-6-1-2-7-18(16)28-20(23,24)25/h1-2,6-9,11-13H,3-5,10H2,(H,26,27)/t12-,13-/m1/s1. The summed E-state index contributed by atoms with van der Waals surface area (Å²) < 4.78 is 55.4. The van der Waals surface area contributed by atoms with Crippen LogP contribution in [0.2, 0.25) is 5.02 Å². The van der Waals surface area contributed by atoms with Crippen LogP contribution in [-0.2, 0) is 4.79 Å². The Hall–Kier alpha value is -2.28. The third-order valence-electron chi connectivity index (χ3n) is 4.62. The number of amides is 1. The monoisotopic (exact) mass is 415 g/mol. The fourth-order valence-corrected chi connectivity index (χ4v) is 3.61. The van der Waals surface area contributed by atoms with Crippen molar-refractivity contribution < 1.29 is 27.1 Å². The van der Waals surface area contributed by atoms with Crippen LogP contribution in [0.25, 0.3) is 11.1 Å². The van der Waals surface area contributed by atoms with Crippen molar-refractivity contribution in [2.24, 2.45) is 5.92 Å². The summed E-state index contributed by atoms with van der Waals surface area (Å²) in [6, 6.07) is 10.2. The highest BCUT2D eigenvalue weighted by molar-refractivity contribution is 6.33. The molecular formula is C20H18ClF4NO2. The summed E-state index contributed by atoms with van der Waals surface area (Å²) in [6.45, 7) is 0. The zero-order valence-electron chi connectivity index (χ0n) is 14.7. The third-order valence-corrected chi connectivity index (χ3v) is 4.93. The zero-order chi connectivity index (χ0) is 20.3. The molecule has 1 fully saturated rings. The summed E-state index contributed by atoms with van der Waals surface area (Å²) in [5.74, 6) is -1.06. The lowest BCUT2D eigenvalue weighted by Crippen LogP contribution is -2.28. The Balaban J connectivity index is 1.79. The van der Waals surface area contributed by atoms with Crippen molar-refractivity contribution in [3.63, 3.8) is 0 Å². The second-order valence-electron chi connectivity index (χ2n) is 6.69. The van der Waals surface area contributed by atoms with Crippen molar-refractivity contribution >= 4 is 23.2 Å². The Morgan fingerprint density at radius 3 is 2.54 bits per heavy atom. The lowest BCUT2D eigenvalue weighted by atomic mass is 9.87. The van der Waals surface area contributed by atoms with Crippen LogP contribution in [0.15, 0.2) is 42.5 Å². The van der Waals surface area contributed by atoms with Gasteiger partial charge in [0.05, 0.1) is 5.02 Å². The van der Waals surface area contributed by atoms with E-state index in [2.05, 4.69) is 10.1 Å². The molecule has 3 rings (SSSR count). The molecule has 1 amide bonds. The molecule has 8 heteroatoms. The van der Waals surface area contributed by atoms with E-state index in [4.69, 9.17) is 11.6 Å². The van der Waals surface area contributed by atoms with Gasteiger partial charge in [0.2, 0.25) is 5.91 Å². The van der Waals surface area contributed by atoms with Crippen molar-refractivity contribution in [1.82, 2.24) is 0 Å². The van der Waals surface area contributed by atoms with Crippen LogP contribution >= 0.6 is 11.6 Å². The zero-order valence-corrected chi connectivity index (χ0v) is 15.5. The van der Waals surface area contributed by atoms with Crippen molar-refractivity contribution in [1.29, 1.82) is 0 Å². The Bertz CT molecular complexity index is 856. The second-order valence-corrected chi connectivity index (χ2v) is 7.10. The summed E-state index contributed by atoms with van der Waals surface area (Å²) in [4.78, 5) is 12.3. The number of hydrogen-bond donors (Lipinski definition) is 1. The van der Waals surface area contributed by atoms with Crippen LogP contribution in [0.3, 0.4) is 0 Å². The van der Waals surface area contributed by atoms with E-state index in [9.17, 15) is 22.4 Å². The van der Waals surface area contributed by atoms with E-state index in [1.54, 1.807) is 12.1 Å². The molecule has 0 unspecified atom stereocenters. The van der Waals surface area contributed by atoms with Gasteiger partial charge in [-0.05, 0) is 43.9 Å². The average Bonchev–Trinajstić information content (AvgIpc) is 2.61. The molecule has 28 heavy (non-hydrogen) atoms. The van der Waals surface area contributed by atoms with Gasteiger partial charge < -0.3 is 10.1 Å². The van der Waals surface area contributed by atoms with E-state index >= 15 is 0 Å². The molecule has 2 aromatic rings. The van der Waals surface area contributed by atoms with Crippen molar-refractivity contribution in [3.8, 4) is 16.9 Å². The van der Waals surface area contributed by atoms with Crippen LogP contribution in [0.5, 0.6) is 5.75 Å². The number of ether oxygens (including phenoxy) is 1. The average molecular weight is 416 g/mol. The Labute approximate surface area is 164 Å². The highest BCUT2D eigenvalue weighted by Gasteiger charge is 2.32. The molecule has 0 aliphatic heterocycles. The number of nitrogens with one attached hydrogen (secondary N) is 1. The van der Waals surface area contributed by atoms with Crippen LogP contribution in [-0.4, -0.2) is 18.4 Å². The third kappa shape index (κ3) is 5.16.